The summed E-state index contributed by atoms with van der Waals surface area (Å²) < 4.78 is 0. The molecule has 1 fully saturated rings. The van der Waals surface area contributed by atoms with E-state index in [0.29, 0.717) is 0 Å². The van der Waals surface area contributed by atoms with Crippen LogP contribution in [0.2, 0.25) is 0 Å². The average Bonchev–Trinajstić information content (AvgIpc) is 2.86. The van der Waals surface area contributed by atoms with E-state index in [2.05, 4.69) is 10.3 Å². The lowest BCUT2D eigenvalue weighted by Crippen LogP contribution is -2.44. The molecule has 5 heteroatoms. The molecule has 1 aliphatic rings. The normalized spacial score (nSPS) is 19.2. The monoisotopic (exact) mass is 239 g/mol. The first-order valence-corrected chi connectivity index (χ1v) is 6.45. The van der Waals surface area contributed by atoms with E-state index < -0.39 is 5.54 Å². The number of aromatic nitrogens is 1. The first-order chi connectivity index (χ1) is 7.55. The van der Waals surface area contributed by atoms with Gasteiger partial charge in [-0.15, -0.1) is 11.3 Å². The number of amides is 1. The van der Waals surface area contributed by atoms with Crippen molar-refractivity contribution in [1.29, 1.82) is 0 Å². The standard InChI is InChI=1S/C11H17N3OS/c1-3-8(9-13-7(2)6-16-9)14-10(15)11(12)4-5-11/h6,8H,3-5,12H2,1-2H3,(H,14,15). The number of nitrogens with one attached hydrogen (secondary N) is 1. The number of rotatable bonds is 4. The van der Waals surface area contributed by atoms with Crippen molar-refractivity contribution in [2.45, 2.75) is 44.7 Å². The highest BCUT2D eigenvalue weighted by atomic mass is 32.1. The zero-order chi connectivity index (χ0) is 11.8. The zero-order valence-electron chi connectivity index (χ0n) is 9.62. The van der Waals surface area contributed by atoms with Gasteiger partial charge in [-0.2, -0.15) is 0 Å². The van der Waals surface area contributed by atoms with Crippen molar-refractivity contribution in [2.75, 3.05) is 0 Å². The van der Waals surface area contributed by atoms with Crippen molar-refractivity contribution in [3.63, 3.8) is 0 Å². The van der Waals surface area contributed by atoms with Gasteiger partial charge in [0.2, 0.25) is 5.91 Å². The third kappa shape index (κ3) is 2.25. The van der Waals surface area contributed by atoms with Crippen LogP contribution in [0.4, 0.5) is 0 Å². The minimum Gasteiger partial charge on any atom is -0.345 e. The fraction of sp³-hybridized carbons (Fsp3) is 0.636. The summed E-state index contributed by atoms with van der Waals surface area (Å²) in [5.74, 6) is -0.0350. The van der Waals surface area contributed by atoms with Crippen LogP contribution in [-0.4, -0.2) is 16.4 Å². The predicted octanol–water partition coefficient (Wildman–Crippen LogP) is 1.51. The van der Waals surface area contributed by atoms with Crippen molar-refractivity contribution in [3.05, 3.63) is 16.1 Å². The number of hydrogen-bond acceptors (Lipinski definition) is 4. The third-order valence-corrected chi connectivity index (χ3v) is 3.97. The molecule has 0 saturated heterocycles. The molecule has 0 radical (unpaired) electrons. The van der Waals surface area contributed by atoms with Crippen LogP contribution >= 0.6 is 11.3 Å². The van der Waals surface area contributed by atoms with Crippen LogP contribution in [-0.2, 0) is 4.79 Å². The second kappa shape index (κ2) is 4.14. The summed E-state index contributed by atoms with van der Waals surface area (Å²) in [6.07, 6.45) is 2.44. The molecule has 1 amide bonds. The third-order valence-electron chi connectivity index (χ3n) is 2.89. The van der Waals surface area contributed by atoms with E-state index in [0.717, 1.165) is 30.0 Å². The fourth-order valence-electron chi connectivity index (χ4n) is 1.53. The Balaban J connectivity index is 2.03. The molecule has 0 bridgehead atoms. The molecule has 1 aromatic heterocycles. The molecule has 1 saturated carbocycles. The van der Waals surface area contributed by atoms with Gasteiger partial charge in [-0.25, -0.2) is 4.98 Å². The van der Waals surface area contributed by atoms with Gasteiger partial charge in [0.15, 0.2) is 0 Å². The van der Waals surface area contributed by atoms with E-state index in [-0.39, 0.29) is 11.9 Å². The van der Waals surface area contributed by atoms with E-state index in [4.69, 9.17) is 5.73 Å². The smallest absolute Gasteiger partial charge is 0.240 e. The van der Waals surface area contributed by atoms with E-state index in [1.165, 1.54) is 0 Å². The fourth-order valence-corrected chi connectivity index (χ4v) is 2.46. The maximum absolute atomic E-state index is 11.8. The molecule has 0 aliphatic heterocycles. The molecule has 16 heavy (non-hydrogen) atoms. The van der Waals surface area contributed by atoms with Crippen molar-refractivity contribution in [3.8, 4) is 0 Å². The first-order valence-electron chi connectivity index (χ1n) is 5.57. The minimum absolute atomic E-state index is 0.00669. The topological polar surface area (TPSA) is 68.0 Å². The Morgan fingerprint density at radius 1 is 1.75 bits per heavy atom. The molecule has 1 unspecified atom stereocenters. The molecule has 4 nitrogen and oxygen atoms in total. The molecule has 1 heterocycles. The van der Waals surface area contributed by atoms with Gasteiger partial charge in [0.05, 0.1) is 11.6 Å². The molecule has 88 valence electrons. The zero-order valence-corrected chi connectivity index (χ0v) is 10.4. The molecule has 1 atom stereocenters. The van der Waals surface area contributed by atoms with Crippen molar-refractivity contribution in [2.24, 2.45) is 5.73 Å². The van der Waals surface area contributed by atoms with Crippen molar-refractivity contribution >= 4 is 17.2 Å². The molecular formula is C11H17N3OS. The molecular weight excluding hydrogens is 222 g/mol. The molecule has 0 aromatic carbocycles. The summed E-state index contributed by atoms with van der Waals surface area (Å²) in [6, 6.07) is 0.00669. The van der Waals surface area contributed by atoms with Gasteiger partial charge in [-0.1, -0.05) is 6.92 Å². The summed E-state index contributed by atoms with van der Waals surface area (Å²) in [5.41, 5.74) is 6.25. The van der Waals surface area contributed by atoms with E-state index in [1.54, 1.807) is 11.3 Å². The lowest BCUT2D eigenvalue weighted by Gasteiger charge is -2.17. The summed E-state index contributed by atoms with van der Waals surface area (Å²) in [6.45, 7) is 4.00. The Morgan fingerprint density at radius 2 is 2.44 bits per heavy atom. The number of hydrogen-bond donors (Lipinski definition) is 2. The van der Waals surface area contributed by atoms with Crippen LogP contribution in [0.25, 0.3) is 0 Å². The van der Waals surface area contributed by atoms with Gasteiger partial charge in [0, 0.05) is 11.1 Å². The number of aryl methyl sites for hydroxylation is 1. The Hall–Kier alpha value is -0.940. The van der Waals surface area contributed by atoms with E-state index >= 15 is 0 Å². The molecule has 0 spiro atoms. The Morgan fingerprint density at radius 3 is 2.88 bits per heavy atom. The molecule has 3 N–H and O–H groups in total. The van der Waals surface area contributed by atoms with Crippen LogP contribution in [0, 0.1) is 6.92 Å². The number of carbonyl (C=O) groups is 1. The lowest BCUT2D eigenvalue weighted by atomic mass is 10.2. The largest absolute Gasteiger partial charge is 0.345 e. The Labute approximate surface area is 99.3 Å². The van der Waals surface area contributed by atoms with Gasteiger partial charge in [-0.05, 0) is 26.2 Å². The van der Waals surface area contributed by atoms with Gasteiger partial charge < -0.3 is 11.1 Å². The van der Waals surface area contributed by atoms with Gasteiger partial charge in [0.1, 0.15) is 5.01 Å². The first kappa shape index (κ1) is 11.5. The van der Waals surface area contributed by atoms with Crippen molar-refractivity contribution < 1.29 is 4.79 Å². The lowest BCUT2D eigenvalue weighted by molar-refractivity contribution is -0.124. The van der Waals surface area contributed by atoms with Crippen molar-refractivity contribution in [1.82, 2.24) is 10.3 Å². The second-order valence-corrected chi connectivity index (χ2v) is 5.31. The SMILES string of the molecule is CCC(NC(=O)C1(N)CC1)c1nc(C)cs1. The van der Waals surface area contributed by atoms with Gasteiger partial charge in [-0.3, -0.25) is 4.79 Å². The molecule has 1 aliphatic carbocycles. The highest BCUT2D eigenvalue weighted by Crippen LogP contribution is 2.33. The maximum Gasteiger partial charge on any atom is 0.240 e. The van der Waals surface area contributed by atoms with E-state index in [1.807, 2.05) is 19.2 Å². The van der Waals surface area contributed by atoms with Crippen LogP contribution in [0.1, 0.15) is 42.9 Å². The summed E-state index contributed by atoms with van der Waals surface area (Å²) in [7, 11) is 0. The summed E-state index contributed by atoms with van der Waals surface area (Å²) in [4.78, 5) is 16.2. The highest BCUT2D eigenvalue weighted by Gasteiger charge is 2.46. The molecule has 2 rings (SSSR count). The summed E-state index contributed by atoms with van der Waals surface area (Å²) in [5, 5.41) is 5.95. The summed E-state index contributed by atoms with van der Waals surface area (Å²) >= 11 is 1.59. The number of nitrogens with zero attached hydrogens (tertiary/aromatic N) is 1. The number of nitrogens with two attached hydrogens (primary N) is 1. The van der Waals surface area contributed by atoms with Crippen LogP contribution in [0.3, 0.4) is 0 Å². The predicted molar refractivity (Wildman–Crippen MR) is 64.2 cm³/mol. The van der Waals surface area contributed by atoms with E-state index in [9.17, 15) is 4.79 Å². The Kier molecular flexibility index (Phi) is 2.99. The highest BCUT2D eigenvalue weighted by molar-refractivity contribution is 7.09. The van der Waals surface area contributed by atoms with Gasteiger partial charge in [0.25, 0.3) is 0 Å². The number of thiazole rings is 1. The van der Waals surface area contributed by atoms with Gasteiger partial charge >= 0.3 is 0 Å². The maximum atomic E-state index is 11.8. The van der Waals surface area contributed by atoms with Crippen LogP contribution < -0.4 is 11.1 Å². The average molecular weight is 239 g/mol. The Bertz CT molecular complexity index is 398. The number of carbonyl (C=O) groups excluding carboxylic acids is 1. The minimum atomic E-state index is -0.597. The molecule has 1 aromatic rings. The van der Waals surface area contributed by atoms with Crippen LogP contribution in [0.15, 0.2) is 5.38 Å². The quantitative estimate of drug-likeness (QED) is 0.837. The van der Waals surface area contributed by atoms with Crippen LogP contribution in [0.5, 0.6) is 0 Å². The second-order valence-electron chi connectivity index (χ2n) is 4.42.